The topological polar surface area (TPSA) is 85.3 Å². The molecule has 1 saturated heterocycles. The van der Waals surface area contributed by atoms with Gasteiger partial charge < -0.3 is 19.3 Å². The monoisotopic (exact) mass is 477 g/mol. The maximum absolute atomic E-state index is 13.3. The second kappa shape index (κ2) is 8.43. The average molecular weight is 478 g/mol. The Morgan fingerprint density at radius 2 is 1.76 bits per heavy atom. The second-order valence-electron chi connectivity index (χ2n) is 7.94. The van der Waals surface area contributed by atoms with E-state index < -0.39 is 17.7 Å². The Bertz CT molecular complexity index is 1350. The number of Topliss-reactive ketones (excluding diaryl/α,β-unsaturated/α-hetero) is 1. The zero-order valence-corrected chi connectivity index (χ0v) is 19.1. The largest absolute Gasteiger partial charge is 0.507 e. The molecule has 7 nitrogen and oxygen atoms in total. The normalized spacial score (nSPS) is 18.4. The van der Waals surface area contributed by atoms with Crippen LogP contribution < -0.4 is 19.1 Å². The first-order valence-corrected chi connectivity index (χ1v) is 10.9. The number of anilines is 1. The molecule has 0 saturated carbocycles. The smallest absolute Gasteiger partial charge is 0.300 e. The van der Waals surface area contributed by atoms with Crippen molar-refractivity contribution in [2.45, 2.75) is 13.0 Å². The minimum absolute atomic E-state index is 0.0189. The molecule has 1 unspecified atom stereocenters. The van der Waals surface area contributed by atoms with Gasteiger partial charge in [0, 0.05) is 22.3 Å². The van der Waals surface area contributed by atoms with Crippen molar-refractivity contribution >= 4 is 34.7 Å². The SMILES string of the molecule is COc1ccc(/C(O)=C2\C(=O)C(=O)N(c3ccc4c(c3)OCO4)C2c2ccc(Cl)cc2)cc1C. The Labute approximate surface area is 200 Å². The van der Waals surface area contributed by atoms with Gasteiger partial charge in [-0.25, -0.2) is 0 Å². The van der Waals surface area contributed by atoms with Crippen LogP contribution in [0, 0.1) is 6.92 Å². The van der Waals surface area contributed by atoms with Gasteiger partial charge in [0.2, 0.25) is 6.79 Å². The van der Waals surface area contributed by atoms with Crippen LogP contribution in [0.3, 0.4) is 0 Å². The lowest BCUT2D eigenvalue weighted by Gasteiger charge is -2.25. The van der Waals surface area contributed by atoms with Crippen molar-refractivity contribution in [1.29, 1.82) is 0 Å². The molecule has 3 aromatic rings. The van der Waals surface area contributed by atoms with Crippen molar-refractivity contribution in [2.24, 2.45) is 0 Å². The quantitative estimate of drug-likeness (QED) is 0.323. The van der Waals surface area contributed by atoms with E-state index in [4.69, 9.17) is 25.8 Å². The highest BCUT2D eigenvalue weighted by molar-refractivity contribution is 6.51. The average Bonchev–Trinajstić information content (AvgIpc) is 3.41. The number of ether oxygens (including phenoxy) is 3. The standard InChI is InChI=1S/C26H20ClNO6/c1-14-11-16(5-9-19(14)32-2)24(29)22-23(15-3-6-17(27)7-4-15)28(26(31)25(22)30)18-8-10-20-21(12-18)34-13-33-20/h3-12,23,29H,13H2,1-2H3/b24-22+. The van der Waals surface area contributed by atoms with Gasteiger partial charge in [0.05, 0.1) is 18.7 Å². The number of fused-ring (bicyclic) bond motifs is 1. The van der Waals surface area contributed by atoms with Crippen LogP contribution in [0.15, 0.2) is 66.2 Å². The number of halogens is 1. The molecular weight excluding hydrogens is 458 g/mol. The molecule has 2 aliphatic rings. The van der Waals surface area contributed by atoms with E-state index in [1.807, 2.05) is 6.92 Å². The number of carbonyl (C=O) groups is 2. The number of aryl methyl sites for hydroxylation is 1. The highest BCUT2D eigenvalue weighted by Gasteiger charge is 2.47. The summed E-state index contributed by atoms with van der Waals surface area (Å²) in [5, 5.41) is 11.8. The molecule has 2 heterocycles. The molecule has 1 atom stereocenters. The summed E-state index contributed by atoms with van der Waals surface area (Å²) in [5.41, 5.74) is 2.22. The van der Waals surface area contributed by atoms with Crippen LogP contribution in [-0.2, 0) is 9.59 Å². The minimum Gasteiger partial charge on any atom is -0.507 e. The highest BCUT2D eigenvalue weighted by Crippen LogP contribution is 2.45. The predicted octanol–water partition coefficient (Wildman–Crippen LogP) is 5.01. The summed E-state index contributed by atoms with van der Waals surface area (Å²) in [4.78, 5) is 27.9. The Balaban J connectivity index is 1.69. The first-order valence-electron chi connectivity index (χ1n) is 10.5. The summed E-state index contributed by atoms with van der Waals surface area (Å²) in [7, 11) is 1.55. The molecule has 0 radical (unpaired) electrons. The van der Waals surface area contributed by atoms with Gasteiger partial charge in [0.25, 0.3) is 11.7 Å². The fourth-order valence-corrected chi connectivity index (χ4v) is 4.40. The molecule has 5 rings (SSSR count). The van der Waals surface area contributed by atoms with E-state index in [1.54, 1.807) is 67.8 Å². The van der Waals surface area contributed by atoms with E-state index in [9.17, 15) is 14.7 Å². The van der Waals surface area contributed by atoms with E-state index >= 15 is 0 Å². The van der Waals surface area contributed by atoms with Crippen LogP contribution in [0.5, 0.6) is 17.2 Å². The third-order valence-corrected chi connectivity index (χ3v) is 6.18. The molecule has 1 amide bonds. The van der Waals surface area contributed by atoms with Crippen LogP contribution in [0.25, 0.3) is 5.76 Å². The van der Waals surface area contributed by atoms with E-state index in [0.717, 1.165) is 5.56 Å². The summed E-state index contributed by atoms with van der Waals surface area (Å²) >= 11 is 6.08. The molecular formula is C26H20ClNO6. The molecule has 34 heavy (non-hydrogen) atoms. The lowest BCUT2D eigenvalue weighted by molar-refractivity contribution is -0.132. The number of amides is 1. The third kappa shape index (κ3) is 3.54. The van der Waals surface area contributed by atoms with E-state index in [0.29, 0.717) is 39.1 Å². The van der Waals surface area contributed by atoms with Gasteiger partial charge in [0.1, 0.15) is 11.5 Å². The first-order chi connectivity index (χ1) is 16.4. The van der Waals surface area contributed by atoms with E-state index in [-0.39, 0.29) is 18.1 Å². The molecule has 2 aliphatic heterocycles. The number of benzene rings is 3. The Morgan fingerprint density at radius 1 is 1.03 bits per heavy atom. The lowest BCUT2D eigenvalue weighted by Crippen LogP contribution is -2.29. The minimum atomic E-state index is -0.875. The Hall–Kier alpha value is -3.97. The number of rotatable bonds is 4. The number of nitrogens with zero attached hydrogens (tertiary/aromatic N) is 1. The molecule has 0 spiro atoms. The lowest BCUT2D eigenvalue weighted by atomic mass is 9.94. The maximum Gasteiger partial charge on any atom is 0.300 e. The third-order valence-electron chi connectivity index (χ3n) is 5.93. The predicted molar refractivity (Wildman–Crippen MR) is 127 cm³/mol. The Kier molecular flexibility index (Phi) is 5.42. The van der Waals surface area contributed by atoms with Gasteiger partial charge >= 0.3 is 0 Å². The van der Waals surface area contributed by atoms with E-state index in [2.05, 4.69) is 0 Å². The zero-order valence-electron chi connectivity index (χ0n) is 18.4. The summed E-state index contributed by atoms with van der Waals surface area (Å²) in [6, 6.07) is 16.0. The highest BCUT2D eigenvalue weighted by atomic mass is 35.5. The first kappa shape index (κ1) is 21.9. The Morgan fingerprint density at radius 3 is 2.47 bits per heavy atom. The molecule has 0 bridgehead atoms. The summed E-state index contributed by atoms with van der Waals surface area (Å²) < 4.78 is 16.1. The molecule has 8 heteroatoms. The van der Waals surface area contributed by atoms with Crippen molar-refractivity contribution in [3.63, 3.8) is 0 Å². The maximum atomic E-state index is 13.3. The molecule has 0 aliphatic carbocycles. The molecule has 0 aromatic heterocycles. The number of methoxy groups -OCH3 is 1. The van der Waals surface area contributed by atoms with Crippen LogP contribution >= 0.6 is 11.6 Å². The van der Waals surface area contributed by atoms with Gasteiger partial charge in [-0.15, -0.1) is 0 Å². The molecule has 3 aromatic carbocycles. The van der Waals surface area contributed by atoms with Crippen molar-refractivity contribution in [3.05, 3.63) is 87.9 Å². The number of hydrogen-bond donors (Lipinski definition) is 1. The zero-order chi connectivity index (χ0) is 24.0. The van der Waals surface area contributed by atoms with E-state index in [1.165, 1.54) is 4.90 Å². The van der Waals surface area contributed by atoms with Gasteiger partial charge in [-0.2, -0.15) is 0 Å². The van der Waals surface area contributed by atoms with Crippen molar-refractivity contribution < 1.29 is 28.9 Å². The molecule has 1 N–H and O–H groups in total. The molecule has 172 valence electrons. The number of carbonyl (C=O) groups excluding carboxylic acids is 2. The van der Waals surface area contributed by atoms with Crippen molar-refractivity contribution in [2.75, 3.05) is 18.8 Å². The molecule has 1 fully saturated rings. The van der Waals surface area contributed by atoms with Crippen molar-refractivity contribution in [3.8, 4) is 17.2 Å². The van der Waals surface area contributed by atoms with Gasteiger partial charge in [-0.3, -0.25) is 14.5 Å². The number of ketones is 1. The number of hydrogen-bond acceptors (Lipinski definition) is 6. The van der Waals surface area contributed by atoms with Crippen LogP contribution in [0.1, 0.15) is 22.7 Å². The summed E-state index contributed by atoms with van der Waals surface area (Å²) in [6.45, 7) is 1.91. The fraction of sp³-hybridized carbons (Fsp3) is 0.154. The number of aliphatic hydroxyl groups is 1. The number of aliphatic hydroxyl groups excluding tert-OH is 1. The van der Waals surface area contributed by atoms with Crippen LogP contribution in [0.4, 0.5) is 5.69 Å². The van der Waals surface area contributed by atoms with Gasteiger partial charge in [-0.1, -0.05) is 23.7 Å². The van der Waals surface area contributed by atoms with Crippen LogP contribution in [-0.4, -0.2) is 30.7 Å². The van der Waals surface area contributed by atoms with Gasteiger partial charge in [-0.05, 0) is 60.5 Å². The summed E-state index contributed by atoms with van der Waals surface area (Å²) in [5.74, 6) is -0.148. The fourth-order valence-electron chi connectivity index (χ4n) is 4.28. The van der Waals surface area contributed by atoms with Gasteiger partial charge in [0.15, 0.2) is 11.5 Å². The summed E-state index contributed by atoms with van der Waals surface area (Å²) in [6.07, 6.45) is 0. The van der Waals surface area contributed by atoms with Crippen molar-refractivity contribution in [1.82, 2.24) is 0 Å². The van der Waals surface area contributed by atoms with Crippen LogP contribution in [0.2, 0.25) is 5.02 Å². The second-order valence-corrected chi connectivity index (χ2v) is 8.38.